The van der Waals surface area contributed by atoms with Gasteiger partial charge in [-0.1, -0.05) is 57.0 Å². The lowest BCUT2D eigenvalue weighted by molar-refractivity contribution is -0.143. The maximum atomic E-state index is 14.4. The molecule has 4 unspecified atom stereocenters. The molecule has 1 aliphatic rings. The number of carbonyl (C=O) groups is 3. The first-order valence-electron chi connectivity index (χ1n) is 14.1. The van der Waals surface area contributed by atoms with E-state index < -0.39 is 29.7 Å². The second kappa shape index (κ2) is 13.5. The SMILES string of the molecule is CCCCCNC(=O)C(c1ccccc1O)N(C(=O)C(Cc1ccc(O)cc1)NC(=O)OC(C)(C)C)C1CC1C. The molecule has 2 aromatic carbocycles. The molecule has 0 heterocycles. The Morgan fingerprint density at radius 3 is 2.27 bits per heavy atom. The molecule has 0 bridgehead atoms. The minimum absolute atomic E-state index is 0.0829. The molecule has 2 aromatic rings. The van der Waals surface area contributed by atoms with Gasteiger partial charge in [0.05, 0.1) is 0 Å². The van der Waals surface area contributed by atoms with Crippen molar-refractivity contribution < 1.29 is 29.3 Å². The van der Waals surface area contributed by atoms with Crippen LogP contribution >= 0.6 is 0 Å². The Labute approximate surface area is 236 Å². The first kappa shape index (κ1) is 30.8. The highest BCUT2D eigenvalue weighted by Gasteiger charge is 2.48. The summed E-state index contributed by atoms with van der Waals surface area (Å²) in [7, 11) is 0. The van der Waals surface area contributed by atoms with E-state index in [-0.39, 0.29) is 35.8 Å². The fourth-order valence-corrected chi connectivity index (χ4v) is 4.69. The predicted octanol–water partition coefficient (Wildman–Crippen LogP) is 4.82. The van der Waals surface area contributed by atoms with Crippen LogP contribution in [0.25, 0.3) is 0 Å². The van der Waals surface area contributed by atoms with Crippen LogP contribution in [0.3, 0.4) is 0 Å². The van der Waals surface area contributed by atoms with E-state index >= 15 is 0 Å². The van der Waals surface area contributed by atoms with Crippen LogP contribution in [0.5, 0.6) is 11.5 Å². The number of hydrogen-bond acceptors (Lipinski definition) is 6. The minimum atomic E-state index is -1.09. The van der Waals surface area contributed by atoms with Gasteiger partial charge in [-0.3, -0.25) is 9.59 Å². The van der Waals surface area contributed by atoms with Gasteiger partial charge < -0.3 is 30.5 Å². The summed E-state index contributed by atoms with van der Waals surface area (Å²) < 4.78 is 5.46. The van der Waals surface area contributed by atoms with Crippen molar-refractivity contribution in [1.82, 2.24) is 15.5 Å². The van der Waals surface area contributed by atoms with Gasteiger partial charge >= 0.3 is 6.09 Å². The number of alkyl carbamates (subject to hydrolysis) is 1. The molecule has 3 rings (SSSR count). The Balaban J connectivity index is 2.01. The molecule has 3 amide bonds. The number of phenolic OH excluding ortho intramolecular Hbond substituents is 2. The maximum Gasteiger partial charge on any atom is 0.408 e. The Bertz CT molecular complexity index is 1160. The summed E-state index contributed by atoms with van der Waals surface area (Å²) in [5.74, 6) is -0.700. The molecule has 4 N–H and O–H groups in total. The number of para-hydroxylation sites is 1. The molecule has 9 nitrogen and oxygen atoms in total. The first-order chi connectivity index (χ1) is 18.9. The number of aromatic hydroxyl groups is 2. The molecular weight excluding hydrogens is 510 g/mol. The zero-order valence-electron chi connectivity index (χ0n) is 24.1. The van der Waals surface area contributed by atoms with Gasteiger partial charge in [-0.25, -0.2) is 4.79 Å². The standard InChI is InChI=1S/C31H43N3O6/c1-6-7-10-17-32-28(37)27(23-11-8-9-12-26(23)36)34(25-18-20(25)2)29(38)24(33-30(39)40-31(3,4)5)19-21-13-15-22(35)16-14-21/h8-9,11-16,20,24-25,27,35-36H,6-7,10,17-19H2,1-5H3,(H,32,37)(H,33,39). The van der Waals surface area contributed by atoms with E-state index in [2.05, 4.69) is 17.6 Å². The average molecular weight is 554 g/mol. The molecule has 0 spiro atoms. The van der Waals surface area contributed by atoms with Crippen LogP contribution in [0.15, 0.2) is 48.5 Å². The van der Waals surface area contributed by atoms with Crippen molar-refractivity contribution in [3.8, 4) is 11.5 Å². The van der Waals surface area contributed by atoms with Crippen LogP contribution in [-0.2, 0) is 20.7 Å². The number of benzene rings is 2. The largest absolute Gasteiger partial charge is 0.508 e. The molecule has 0 radical (unpaired) electrons. The van der Waals surface area contributed by atoms with Gasteiger partial charge in [-0.05, 0) is 63.3 Å². The normalized spacial score (nSPS) is 17.8. The third kappa shape index (κ3) is 8.63. The molecule has 4 atom stereocenters. The van der Waals surface area contributed by atoms with E-state index in [0.717, 1.165) is 19.3 Å². The molecule has 1 fully saturated rings. The van der Waals surface area contributed by atoms with Crippen LogP contribution in [0, 0.1) is 5.92 Å². The molecular formula is C31H43N3O6. The zero-order valence-corrected chi connectivity index (χ0v) is 24.1. The van der Waals surface area contributed by atoms with E-state index in [9.17, 15) is 24.6 Å². The molecule has 40 heavy (non-hydrogen) atoms. The number of unbranched alkanes of at least 4 members (excludes halogenated alkanes) is 2. The van der Waals surface area contributed by atoms with Gasteiger partial charge in [0, 0.05) is 24.6 Å². The number of hydrogen-bond donors (Lipinski definition) is 4. The number of nitrogens with zero attached hydrogens (tertiary/aromatic N) is 1. The van der Waals surface area contributed by atoms with Gasteiger partial charge in [0.2, 0.25) is 11.8 Å². The predicted molar refractivity (Wildman–Crippen MR) is 153 cm³/mol. The lowest BCUT2D eigenvalue weighted by Gasteiger charge is -2.35. The van der Waals surface area contributed by atoms with Gasteiger partial charge in [0.25, 0.3) is 0 Å². The number of rotatable bonds is 12. The highest BCUT2D eigenvalue weighted by atomic mass is 16.6. The summed E-state index contributed by atoms with van der Waals surface area (Å²) in [6, 6.07) is 10.5. The van der Waals surface area contributed by atoms with Crippen LogP contribution < -0.4 is 10.6 Å². The van der Waals surface area contributed by atoms with E-state index in [1.807, 2.05) is 6.92 Å². The molecule has 0 saturated heterocycles. The summed E-state index contributed by atoms with van der Waals surface area (Å²) in [6.45, 7) is 9.73. The monoisotopic (exact) mass is 553 g/mol. The molecule has 0 aliphatic heterocycles. The van der Waals surface area contributed by atoms with Crippen molar-refractivity contribution in [2.45, 2.75) is 90.4 Å². The van der Waals surface area contributed by atoms with Crippen molar-refractivity contribution in [1.29, 1.82) is 0 Å². The minimum Gasteiger partial charge on any atom is -0.508 e. The molecule has 1 saturated carbocycles. The number of ether oxygens (including phenoxy) is 1. The molecule has 218 valence electrons. The smallest absolute Gasteiger partial charge is 0.408 e. The van der Waals surface area contributed by atoms with Crippen molar-refractivity contribution in [3.05, 3.63) is 59.7 Å². The Morgan fingerprint density at radius 2 is 1.70 bits per heavy atom. The van der Waals surface area contributed by atoms with Gasteiger partial charge in [-0.2, -0.15) is 0 Å². The second-order valence-electron chi connectivity index (χ2n) is 11.6. The summed E-state index contributed by atoms with van der Waals surface area (Å²) in [5, 5.41) is 26.2. The van der Waals surface area contributed by atoms with E-state index in [0.29, 0.717) is 24.1 Å². The fraction of sp³-hybridized carbons (Fsp3) is 0.516. The summed E-state index contributed by atoms with van der Waals surface area (Å²) >= 11 is 0. The molecule has 9 heteroatoms. The fourth-order valence-electron chi connectivity index (χ4n) is 4.69. The van der Waals surface area contributed by atoms with Crippen molar-refractivity contribution in [3.63, 3.8) is 0 Å². The average Bonchev–Trinajstić information content (AvgIpc) is 3.60. The lowest BCUT2D eigenvalue weighted by Crippen LogP contribution is -2.54. The number of amides is 3. The van der Waals surface area contributed by atoms with Crippen LogP contribution in [0.1, 0.15) is 77.5 Å². The molecule has 0 aromatic heterocycles. The molecule has 1 aliphatic carbocycles. The summed E-state index contributed by atoms with van der Waals surface area (Å²) in [5.41, 5.74) is 0.250. The zero-order chi connectivity index (χ0) is 29.4. The first-order valence-corrected chi connectivity index (χ1v) is 14.1. The van der Waals surface area contributed by atoms with Crippen molar-refractivity contribution >= 4 is 17.9 Å². The van der Waals surface area contributed by atoms with E-state index in [4.69, 9.17) is 4.74 Å². The number of carbonyl (C=O) groups excluding carboxylic acids is 3. The van der Waals surface area contributed by atoms with Crippen molar-refractivity contribution in [2.24, 2.45) is 5.92 Å². The third-order valence-corrected chi connectivity index (χ3v) is 6.88. The summed E-state index contributed by atoms with van der Waals surface area (Å²) in [4.78, 5) is 42.5. The maximum absolute atomic E-state index is 14.4. The van der Waals surface area contributed by atoms with Gasteiger partial charge in [0.15, 0.2) is 0 Å². The lowest BCUT2D eigenvalue weighted by atomic mass is 9.99. The Hall–Kier alpha value is -3.75. The van der Waals surface area contributed by atoms with E-state index in [1.165, 1.54) is 23.1 Å². The third-order valence-electron chi connectivity index (χ3n) is 6.88. The van der Waals surface area contributed by atoms with Crippen LogP contribution in [0.4, 0.5) is 4.79 Å². The quantitative estimate of drug-likeness (QED) is 0.279. The topological polar surface area (TPSA) is 128 Å². The second-order valence-corrected chi connectivity index (χ2v) is 11.6. The van der Waals surface area contributed by atoms with E-state index in [1.54, 1.807) is 51.1 Å². The Kier molecular flexibility index (Phi) is 10.4. The summed E-state index contributed by atoms with van der Waals surface area (Å²) in [6.07, 6.45) is 2.81. The number of nitrogens with one attached hydrogen (secondary N) is 2. The highest BCUT2D eigenvalue weighted by Crippen LogP contribution is 2.42. The Morgan fingerprint density at radius 1 is 1.05 bits per heavy atom. The van der Waals surface area contributed by atoms with Crippen molar-refractivity contribution in [2.75, 3.05) is 6.54 Å². The van der Waals surface area contributed by atoms with Gasteiger partial charge in [-0.15, -0.1) is 0 Å². The van der Waals surface area contributed by atoms with Gasteiger partial charge in [0.1, 0.15) is 29.2 Å². The number of phenols is 2. The van der Waals surface area contributed by atoms with Crippen LogP contribution in [-0.4, -0.2) is 57.3 Å². The van der Waals surface area contributed by atoms with Crippen LogP contribution in [0.2, 0.25) is 0 Å². The highest BCUT2D eigenvalue weighted by molar-refractivity contribution is 5.93.